The van der Waals surface area contributed by atoms with Crippen LogP contribution in [-0.4, -0.2) is 27.8 Å². The molecule has 28 heavy (non-hydrogen) atoms. The predicted molar refractivity (Wildman–Crippen MR) is 102 cm³/mol. The van der Waals surface area contributed by atoms with Crippen LogP contribution in [0.15, 0.2) is 42.4 Å². The van der Waals surface area contributed by atoms with Crippen molar-refractivity contribution in [3.63, 3.8) is 0 Å². The Bertz CT molecular complexity index is 909. The lowest BCUT2D eigenvalue weighted by atomic mass is 9.79. The summed E-state index contributed by atoms with van der Waals surface area (Å²) in [6.07, 6.45) is 7.69. The number of benzene rings is 1. The minimum atomic E-state index is -1.29. The molecule has 0 bridgehead atoms. The molecule has 2 aliphatic rings. The van der Waals surface area contributed by atoms with E-state index < -0.39 is 5.67 Å². The third kappa shape index (κ3) is 3.48. The zero-order valence-corrected chi connectivity index (χ0v) is 16.0. The van der Waals surface area contributed by atoms with Gasteiger partial charge < -0.3 is 9.30 Å². The summed E-state index contributed by atoms with van der Waals surface area (Å²) in [4.78, 5) is 15.8. The molecule has 1 aliphatic heterocycles. The Kier molecular flexibility index (Phi) is 5.04. The summed E-state index contributed by atoms with van der Waals surface area (Å²) >= 11 is 0. The fraction of sp³-hybridized carbons (Fsp3) is 0.455. The largest absolute Gasteiger partial charge is 0.463 e. The quantitative estimate of drug-likeness (QED) is 0.528. The fourth-order valence-corrected chi connectivity index (χ4v) is 4.44. The Morgan fingerprint density at radius 2 is 2.18 bits per heavy atom. The van der Waals surface area contributed by atoms with Crippen LogP contribution in [0.1, 0.15) is 57.1 Å². The van der Waals surface area contributed by atoms with E-state index in [0.29, 0.717) is 50.7 Å². The van der Waals surface area contributed by atoms with Gasteiger partial charge in [-0.15, -0.1) is 0 Å². The number of hydrogen-bond acceptors (Lipinski definition) is 3. The lowest BCUT2D eigenvalue weighted by molar-refractivity contribution is -0.137. The number of carbonyl (C=O) groups is 1. The summed E-state index contributed by atoms with van der Waals surface area (Å²) < 4.78 is 36.8. The molecule has 4 nitrogen and oxygen atoms in total. The maximum atomic E-state index is 15.4. The molecule has 0 saturated heterocycles. The van der Waals surface area contributed by atoms with E-state index in [1.165, 1.54) is 12.1 Å². The average Bonchev–Trinajstić information content (AvgIpc) is 3.25. The van der Waals surface area contributed by atoms with E-state index in [1.54, 1.807) is 25.5 Å². The van der Waals surface area contributed by atoms with E-state index in [2.05, 4.69) is 4.98 Å². The normalized spacial score (nSPS) is 23.2. The number of imidazole rings is 1. The molecule has 0 radical (unpaired) electrons. The van der Waals surface area contributed by atoms with Gasteiger partial charge in [-0.1, -0.05) is 17.7 Å². The molecule has 2 aromatic rings. The highest BCUT2D eigenvalue weighted by Crippen LogP contribution is 2.45. The van der Waals surface area contributed by atoms with E-state index >= 15 is 4.39 Å². The van der Waals surface area contributed by atoms with Gasteiger partial charge in [0.1, 0.15) is 11.5 Å². The number of alkyl halides is 1. The summed E-state index contributed by atoms with van der Waals surface area (Å²) in [6, 6.07) is 4.83. The number of hydrogen-bond donors (Lipinski definition) is 0. The van der Waals surface area contributed by atoms with Gasteiger partial charge in [0.05, 0.1) is 30.9 Å². The van der Waals surface area contributed by atoms with Gasteiger partial charge in [-0.3, -0.25) is 0 Å². The molecule has 2 heterocycles. The van der Waals surface area contributed by atoms with Crippen molar-refractivity contribution in [2.45, 2.75) is 57.2 Å². The topological polar surface area (TPSA) is 44.1 Å². The number of carbonyl (C=O) groups excluding carboxylic acids is 1. The summed E-state index contributed by atoms with van der Waals surface area (Å²) in [7, 11) is 0. The van der Waals surface area contributed by atoms with E-state index in [-0.39, 0.29) is 17.8 Å². The van der Waals surface area contributed by atoms with E-state index in [9.17, 15) is 9.18 Å². The first-order valence-electron chi connectivity index (χ1n) is 9.86. The third-order valence-corrected chi connectivity index (χ3v) is 5.93. The molecule has 148 valence electrons. The molecule has 0 amide bonds. The van der Waals surface area contributed by atoms with Gasteiger partial charge in [0.25, 0.3) is 0 Å². The molecule has 0 spiro atoms. The van der Waals surface area contributed by atoms with Gasteiger partial charge in [0.15, 0.2) is 0 Å². The number of nitrogens with zero attached hydrogens (tertiary/aromatic N) is 2. The van der Waals surface area contributed by atoms with Crippen LogP contribution < -0.4 is 0 Å². The van der Waals surface area contributed by atoms with Crippen LogP contribution in [0.3, 0.4) is 0 Å². The predicted octanol–water partition coefficient (Wildman–Crippen LogP) is 5.14. The van der Waals surface area contributed by atoms with E-state index in [1.807, 2.05) is 10.6 Å². The first kappa shape index (κ1) is 18.8. The third-order valence-electron chi connectivity index (χ3n) is 5.93. The molecular weight excluding hydrogens is 362 g/mol. The second-order valence-corrected chi connectivity index (χ2v) is 7.65. The Morgan fingerprint density at radius 1 is 1.39 bits per heavy atom. The lowest BCUT2D eigenvalue weighted by Crippen LogP contribution is -2.28. The van der Waals surface area contributed by atoms with Crippen molar-refractivity contribution >= 4 is 5.97 Å². The minimum Gasteiger partial charge on any atom is -0.463 e. The highest BCUT2D eigenvalue weighted by atomic mass is 19.1. The number of fused-ring (bicyclic) bond motifs is 3. The van der Waals surface area contributed by atoms with Crippen LogP contribution in [-0.2, 0) is 9.53 Å². The van der Waals surface area contributed by atoms with Crippen molar-refractivity contribution < 1.29 is 18.3 Å². The molecule has 0 N–H and O–H groups in total. The Hall–Kier alpha value is -2.50. The van der Waals surface area contributed by atoms with Crippen LogP contribution in [0, 0.1) is 5.82 Å². The number of halogens is 2. The van der Waals surface area contributed by atoms with Crippen molar-refractivity contribution in [1.29, 1.82) is 0 Å². The van der Waals surface area contributed by atoms with Gasteiger partial charge in [-0.25, -0.2) is 18.6 Å². The number of ether oxygens (including phenoxy) is 1. The molecule has 1 aromatic carbocycles. The minimum absolute atomic E-state index is 0.224. The van der Waals surface area contributed by atoms with Crippen LogP contribution in [0.4, 0.5) is 8.78 Å². The summed E-state index contributed by atoms with van der Waals surface area (Å²) in [6.45, 7) is 2.10. The molecule has 1 aliphatic carbocycles. The van der Waals surface area contributed by atoms with Gasteiger partial charge in [0.2, 0.25) is 0 Å². The van der Waals surface area contributed by atoms with Gasteiger partial charge in [0, 0.05) is 17.2 Å². The lowest BCUT2D eigenvalue weighted by Gasteiger charge is -2.32. The summed E-state index contributed by atoms with van der Waals surface area (Å²) in [5, 5.41) is 0. The Morgan fingerprint density at radius 3 is 2.93 bits per heavy atom. The maximum absolute atomic E-state index is 15.4. The summed E-state index contributed by atoms with van der Waals surface area (Å²) in [5.74, 6) is -0.600. The van der Waals surface area contributed by atoms with Gasteiger partial charge >= 0.3 is 5.97 Å². The fourth-order valence-electron chi connectivity index (χ4n) is 4.44. The number of allylic oxidation sites excluding steroid dienone is 1. The van der Waals surface area contributed by atoms with E-state index in [0.717, 1.165) is 16.8 Å². The zero-order chi connectivity index (χ0) is 19.7. The second-order valence-electron chi connectivity index (χ2n) is 7.65. The molecule has 1 atom stereocenters. The molecule has 1 fully saturated rings. The van der Waals surface area contributed by atoms with Crippen molar-refractivity contribution in [2.24, 2.45) is 0 Å². The van der Waals surface area contributed by atoms with Gasteiger partial charge in [-0.2, -0.15) is 0 Å². The molecule has 1 unspecified atom stereocenters. The van der Waals surface area contributed by atoms with Crippen LogP contribution >= 0.6 is 0 Å². The van der Waals surface area contributed by atoms with Crippen LogP contribution in [0.2, 0.25) is 0 Å². The molecule has 1 saturated carbocycles. The monoisotopic (exact) mass is 386 g/mol. The molecule has 1 aromatic heterocycles. The van der Waals surface area contributed by atoms with Crippen molar-refractivity contribution in [1.82, 2.24) is 9.55 Å². The van der Waals surface area contributed by atoms with Crippen LogP contribution in [0.5, 0.6) is 0 Å². The number of esters is 1. The SMILES string of the molecule is CCOC(=O)C=C1CCC(F)(CCC2c3c(F)cccc3-c3cncn32)CC1. The smallest absolute Gasteiger partial charge is 0.330 e. The summed E-state index contributed by atoms with van der Waals surface area (Å²) in [5.41, 5.74) is 2.03. The standard InChI is InChI=1S/C22H24F2N2O2/c1-2-28-20(27)12-15-6-9-22(24,10-7-15)11-8-18-21-16(4-3-5-17(21)23)19-13-25-14-26(18)19/h3-5,12-14,18H,2,6-11H2,1H3. The number of aromatic nitrogens is 2. The Labute approximate surface area is 163 Å². The van der Waals surface area contributed by atoms with E-state index in [4.69, 9.17) is 4.74 Å². The Balaban J connectivity index is 1.44. The van der Waals surface area contributed by atoms with Crippen molar-refractivity contribution in [2.75, 3.05) is 6.61 Å². The molecule has 4 rings (SSSR count). The highest BCUT2D eigenvalue weighted by molar-refractivity contribution is 5.82. The highest BCUT2D eigenvalue weighted by Gasteiger charge is 2.37. The second kappa shape index (κ2) is 7.49. The first-order chi connectivity index (χ1) is 13.5. The molecule has 6 heteroatoms. The maximum Gasteiger partial charge on any atom is 0.330 e. The zero-order valence-electron chi connectivity index (χ0n) is 16.0. The number of rotatable bonds is 5. The van der Waals surface area contributed by atoms with Gasteiger partial charge in [-0.05, 0) is 51.5 Å². The van der Waals surface area contributed by atoms with Crippen LogP contribution in [0.25, 0.3) is 11.3 Å². The molecular formula is C22H24F2N2O2. The van der Waals surface area contributed by atoms with Crippen molar-refractivity contribution in [3.8, 4) is 11.3 Å². The first-order valence-corrected chi connectivity index (χ1v) is 9.86. The van der Waals surface area contributed by atoms with Crippen molar-refractivity contribution in [3.05, 3.63) is 53.8 Å². The average molecular weight is 386 g/mol.